The second kappa shape index (κ2) is 21.7. The average Bonchev–Trinajstić information content (AvgIpc) is 3.58. The Hall–Kier alpha value is -4.79. The number of amides is 1. The first-order valence-electron chi connectivity index (χ1n) is 27.0. The standard InChI is InChI=1S/C59H84F2N6O5Si2/c1-34(2)59(35(3)4,36(5)6)73-72-44-28-41-20-23-47(60)45(25-27-74(37(7)8,38(9)10)39(11)12)48(41)46(29-44)51-50(61)52-49(54(62-51)69-19)53(64-55(63-52)70-33-58(17)32-65(18)26-24-40(58)13)66-30-42-21-22-43(31-66)67(42)56(68)71-57(14,15)16/h20,23,28-29,34-39,42-43H,13,21-22,24,26,30-33H2,1-12,14-19H3/t42-,43+,58-/m0/s1. The van der Waals surface area contributed by atoms with Crippen molar-refractivity contribution in [2.24, 2.45) is 23.2 Å². The van der Waals surface area contributed by atoms with Gasteiger partial charge in [0, 0.05) is 47.6 Å². The maximum Gasteiger partial charge on any atom is 0.410 e. The third-order valence-corrected chi connectivity index (χ3v) is 25.6. The number of fused-ring (bicyclic) bond motifs is 4. The number of anilines is 1. The van der Waals surface area contributed by atoms with Gasteiger partial charge in [0.05, 0.1) is 24.8 Å². The van der Waals surface area contributed by atoms with Gasteiger partial charge in [0.1, 0.15) is 54.3 Å². The van der Waals surface area contributed by atoms with Gasteiger partial charge >= 0.3 is 21.9 Å². The van der Waals surface area contributed by atoms with Crippen molar-refractivity contribution in [2.75, 3.05) is 51.8 Å². The van der Waals surface area contributed by atoms with Crippen molar-refractivity contribution in [1.82, 2.24) is 24.8 Å². The molecule has 11 nitrogen and oxygen atoms in total. The summed E-state index contributed by atoms with van der Waals surface area (Å²) >= 11 is 0. The van der Waals surface area contributed by atoms with Gasteiger partial charge in [0.2, 0.25) is 5.88 Å². The highest BCUT2D eigenvalue weighted by Crippen LogP contribution is 2.51. The number of benzene rings is 2. The highest BCUT2D eigenvalue weighted by Gasteiger charge is 2.47. The fourth-order valence-electron chi connectivity index (χ4n) is 13.1. The fourth-order valence-corrected chi connectivity index (χ4v) is 19.4. The van der Waals surface area contributed by atoms with Gasteiger partial charge in [-0.05, 0) is 105 Å². The molecule has 0 aliphatic carbocycles. The second-order valence-electron chi connectivity index (χ2n) is 24.7. The molecule has 0 N–H and O–H groups in total. The van der Waals surface area contributed by atoms with Gasteiger partial charge in [-0.1, -0.05) is 114 Å². The number of hydrogen-bond acceptors (Lipinski definition) is 10. The quantitative estimate of drug-likeness (QED) is 0.0650. The molecule has 0 spiro atoms. The van der Waals surface area contributed by atoms with Crippen molar-refractivity contribution in [3.05, 3.63) is 53.6 Å². The van der Waals surface area contributed by atoms with Crippen LogP contribution in [0.3, 0.4) is 0 Å². The number of likely N-dealkylation sites (tertiary alicyclic amines) is 1. The number of hydrogen-bond donors (Lipinski definition) is 0. The Bertz CT molecular complexity index is 2760. The average molecular weight is 1050 g/mol. The minimum atomic E-state index is -2.38. The van der Waals surface area contributed by atoms with E-state index in [-0.39, 0.29) is 73.6 Å². The second-order valence-corrected chi connectivity index (χ2v) is 31.5. The molecule has 3 aliphatic rings. The van der Waals surface area contributed by atoms with Crippen LogP contribution in [-0.4, -0.2) is 113 Å². The smallest absolute Gasteiger partial charge is 0.410 e. The van der Waals surface area contributed by atoms with Crippen LogP contribution in [0.25, 0.3) is 32.9 Å². The molecule has 2 radical (unpaired) electrons. The molecule has 3 aliphatic heterocycles. The molecule has 0 unspecified atom stereocenters. The van der Waals surface area contributed by atoms with Crippen molar-refractivity contribution < 1.29 is 32.2 Å². The number of ether oxygens (including phenoxy) is 3. The molecule has 7 rings (SSSR count). The lowest BCUT2D eigenvalue weighted by molar-refractivity contribution is 0.0122. The molecule has 74 heavy (non-hydrogen) atoms. The van der Waals surface area contributed by atoms with Gasteiger partial charge < -0.3 is 28.4 Å². The zero-order valence-corrected chi connectivity index (χ0v) is 49.8. The van der Waals surface area contributed by atoms with Crippen molar-refractivity contribution >= 4 is 51.4 Å². The molecule has 15 heteroatoms. The first kappa shape index (κ1) is 56.9. The summed E-state index contributed by atoms with van der Waals surface area (Å²) in [5.41, 5.74) is 4.94. The summed E-state index contributed by atoms with van der Waals surface area (Å²) in [4.78, 5) is 34.9. The number of aromatic nitrogens is 3. The van der Waals surface area contributed by atoms with Crippen molar-refractivity contribution in [2.45, 2.75) is 169 Å². The van der Waals surface area contributed by atoms with Gasteiger partial charge in [-0.2, -0.15) is 9.97 Å². The Morgan fingerprint density at radius 3 is 2.07 bits per heavy atom. The molecule has 3 saturated heterocycles. The number of halogens is 2. The van der Waals surface area contributed by atoms with E-state index >= 15 is 8.78 Å². The molecule has 3 atom stereocenters. The summed E-state index contributed by atoms with van der Waals surface area (Å²) in [5.74, 6) is 4.05. The number of piperidine rings is 1. The Balaban J connectivity index is 1.50. The van der Waals surface area contributed by atoms with Gasteiger partial charge in [-0.3, -0.25) is 4.90 Å². The van der Waals surface area contributed by atoms with Crippen LogP contribution in [0, 0.1) is 46.3 Å². The van der Waals surface area contributed by atoms with Gasteiger partial charge in [-0.25, -0.2) is 18.6 Å². The number of methoxy groups -OCH3 is 1. The largest absolute Gasteiger partial charge is 0.540 e. The van der Waals surface area contributed by atoms with E-state index in [0.717, 1.165) is 31.4 Å². The first-order chi connectivity index (χ1) is 34.6. The molecular weight excluding hydrogens is 967 g/mol. The van der Waals surface area contributed by atoms with Crippen molar-refractivity contribution in [3.8, 4) is 40.4 Å². The van der Waals surface area contributed by atoms with E-state index in [1.165, 1.54) is 13.2 Å². The van der Waals surface area contributed by atoms with Gasteiger partial charge in [-0.15, -0.1) is 5.54 Å². The zero-order chi connectivity index (χ0) is 54.6. The number of carbonyl (C=O) groups excluding carboxylic acids is 1. The Morgan fingerprint density at radius 2 is 1.51 bits per heavy atom. The molecule has 2 aromatic carbocycles. The highest BCUT2D eigenvalue weighted by molar-refractivity contribution is 6.90. The number of piperazine rings is 1. The number of nitrogens with zero attached hydrogens (tertiary/aromatic N) is 6. The van der Waals surface area contributed by atoms with E-state index in [1.54, 1.807) is 12.1 Å². The zero-order valence-electron chi connectivity index (χ0n) is 47.8. The summed E-state index contributed by atoms with van der Waals surface area (Å²) in [6.45, 7) is 41.6. The van der Waals surface area contributed by atoms with Crippen LogP contribution < -0.4 is 18.8 Å². The van der Waals surface area contributed by atoms with Crippen LogP contribution in [-0.2, 0) is 4.74 Å². The van der Waals surface area contributed by atoms with E-state index in [2.05, 4.69) is 125 Å². The topological polar surface area (TPSA) is 102 Å². The summed E-state index contributed by atoms with van der Waals surface area (Å²) < 4.78 is 61.1. The lowest BCUT2D eigenvalue weighted by Crippen LogP contribution is -2.57. The third kappa shape index (κ3) is 10.7. The van der Waals surface area contributed by atoms with Crippen LogP contribution in [0.15, 0.2) is 36.4 Å². The van der Waals surface area contributed by atoms with Crippen LogP contribution >= 0.6 is 0 Å². The molecule has 5 heterocycles. The maximum absolute atomic E-state index is 18.6. The molecular formula is C59H84F2N6O5Si2. The van der Waals surface area contributed by atoms with E-state index in [4.69, 9.17) is 33.6 Å². The van der Waals surface area contributed by atoms with Crippen LogP contribution in [0.5, 0.6) is 17.6 Å². The molecule has 1 amide bonds. The number of carbonyl (C=O) groups is 1. The normalized spacial score (nSPS) is 20.0. The maximum atomic E-state index is 18.6. The lowest BCUT2D eigenvalue weighted by atomic mass is 9.76. The summed E-state index contributed by atoms with van der Waals surface area (Å²) in [6, 6.07) is 6.50. The SMILES string of the molecule is C=C1CCN(C)C[C@@]1(C)COc1nc(N2C[C@H]3CC[C@@H](C2)N3C(=O)OC(C)(C)C)c2c(OC)nc(-c3cc(O[Si]C(C(C)C)(C(C)C)C(C)C)cc4ccc(F)c(C#C[Si](C(C)C)(C(C)C)C(C)C)c34)c(F)c2n1. The number of rotatable bonds is 15. The number of pyridine rings is 1. The Labute approximate surface area is 444 Å². The highest BCUT2D eigenvalue weighted by atomic mass is 28.3. The molecule has 3 fully saturated rings. The molecule has 2 aromatic heterocycles. The van der Waals surface area contributed by atoms with Gasteiger partial charge in [0.25, 0.3) is 0 Å². The Kier molecular flexibility index (Phi) is 16.7. The van der Waals surface area contributed by atoms with E-state index in [9.17, 15) is 4.79 Å². The van der Waals surface area contributed by atoms with Crippen molar-refractivity contribution in [1.29, 1.82) is 0 Å². The summed E-state index contributed by atoms with van der Waals surface area (Å²) in [7, 11) is 1.26. The Morgan fingerprint density at radius 1 is 0.905 bits per heavy atom. The lowest BCUT2D eigenvalue weighted by Gasteiger charge is -2.43. The minimum absolute atomic E-state index is 0.0136. The third-order valence-electron chi connectivity index (χ3n) is 16.9. The van der Waals surface area contributed by atoms with Crippen LogP contribution in [0.2, 0.25) is 21.7 Å². The predicted octanol–water partition coefficient (Wildman–Crippen LogP) is 13.7. The molecule has 0 saturated carbocycles. The monoisotopic (exact) mass is 1050 g/mol. The van der Waals surface area contributed by atoms with E-state index < -0.39 is 30.7 Å². The fraction of sp³-hybridized carbons (Fsp3) is 0.627. The van der Waals surface area contributed by atoms with Gasteiger partial charge in [0.15, 0.2) is 5.82 Å². The van der Waals surface area contributed by atoms with Crippen LogP contribution in [0.4, 0.5) is 19.4 Å². The predicted molar refractivity (Wildman–Crippen MR) is 300 cm³/mol. The van der Waals surface area contributed by atoms with Crippen molar-refractivity contribution in [3.63, 3.8) is 0 Å². The van der Waals surface area contributed by atoms with Crippen LogP contribution in [0.1, 0.15) is 136 Å². The van der Waals surface area contributed by atoms with E-state index in [1.807, 2.05) is 31.7 Å². The molecule has 2 bridgehead atoms. The van der Waals surface area contributed by atoms with E-state index in [0.29, 0.717) is 81.9 Å². The summed E-state index contributed by atoms with van der Waals surface area (Å²) in [6.07, 6.45) is 2.00. The first-order valence-corrected chi connectivity index (χ1v) is 30.2. The molecule has 402 valence electrons. The summed E-state index contributed by atoms with van der Waals surface area (Å²) in [5, 5.41) is 1.16. The minimum Gasteiger partial charge on any atom is -0.540 e. The molecule has 4 aromatic rings.